The van der Waals surface area contributed by atoms with Crippen molar-refractivity contribution < 1.29 is 23.1 Å². The molecule has 2 unspecified atom stereocenters. The van der Waals surface area contributed by atoms with E-state index >= 15 is 0 Å². The molecule has 0 saturated carbocycles. The van der Waals surface area contributed by atoms with Crippen LogP contribution in [0.1, 0.15) is 24.8 Å². The summed E-state index contributed by atoms with van der Waals surface area (Å²) in [6.45, 7) is 1.08. The smallest absolute Gasteiger partial charge is 0.303 e. The second kappa shape index (κ2) is 8.42. The van der Waals surface area contributed by atoms with Gasteiger partial charge in [-0.2, -0.15) is 0 Å². The van der Waals surface area contributed by atoms with Crippen LogP contribution in [0.5, 0.6) is 0 Å². The Morgan fingerprint density at radius 3 is 2.70 bits per heavy atom. The molecule has 23 heavy (non-hydrogen) atoms. The normalized spacial score (nSPS) is 19.6. The molecule has 2 N–H and O–H groups in total. The Kier molecular flexibility index (Phi) is 6.56. The van der Waals surface area contributed by atoms with E-state index in [1.54, 1.807) is 0 Å². The van der Waals surface area contributed by atoms with E-state index in [-0.39, 0.29) is 24.5 Å². The van der Waals surface area contributed by atoms with Crippen molar-refractivity contribution in [2.45, 2.75) is 31.7 Å². The highest BCUT2D eigenvalue weighted by Gasteiger charge is 2.25. The van der Waals surface area contributed by atoms with E-state index in [1.807, 2.05) is 30.3 Å². The molecule has 0 aromatic heterocycles. The molecule has 0 radical (unpaired) electrons. The van der Waals surface area contributed by atoms with Crippen molar-refractivity contribution in [2.75, 3.05) is 19.0 Å². The zero-order valence-corrected chi connectivity index (χ0v) is 13.8. The molecule has 1 aromatic carbocycles. The summed E-state index contributed by atoms with van der Waals surface area (Å²) >= 11 is 0. The molecule has 6 nitrogen and oxygen atoms in total. The van der Waals surface area contributed by atoms with Crippen LogP contribution in [-0.2, 0) is 26.0 Å². The lowest BCUT2D eigenvalue weighted by atomic mass is 10.0. The third-order valence-corrected chi connectivity index (χ3v) is 5.46. The van der Waals surface area contributed by atoms with Crippen LogP contribution in [0.3, 0.4) is 0 Å². The first-order chi connectivity index (χ1) is 10.9. The van der Waals surface area contributed by atoms with Crippen LogP contribution in [0, 0.1) is 5.92 Å². The number of carboxylic acids is 1. The summed E-state index contributed by atoms with van der Waals surface area (Å²) in [7, 11) is -3.46. The highest BCUT2D eigenvalue weighted by atomic mass is 32.2. The maximum atomic E-state index is 12.3. The third-order valence-electron chi connectivity index (χ3n) is 3.86. The number of hydrogen-bond acceptors (Lipinski definition) is 4. The molecule has 1 aliphatic heterocycles. The summed E-state index contributed by atoms with van der Waals surface area (Å²) in [6.07, 6.45) is 1.44. The fraction of sp³-hybridized carbons (Fsp3) is 0.562. The largest absolute Gasteiger partial charge is 0.481 e. The molecule has 2 rings (SSSR count). The zero-order valence-electron chi connectivity index (χ0n) is 13.0. The predicted octanol–water partition coefficient (Wildman–Crippen LogP) is 1.42. The molecule has 1 aromatic rings. The Bertz CT molecular complexity index is 596. The fourth-order valence-corrected chi connectivity index (χ4v) is 4.41. The van der Waals surface area contributed by atoms with Gasteiger partial charge in [0.2, 0.25) is 10.0 Å². The van der Waals surface area contributed by atoms with Crippen molar-refractivity contribution in [3.63, 3.8) is 0 Å². The van der Waals surface area contributed by atoms with Gasteiger partial charge in [-0.3, -0.25) is 4.79 Å². The monoisotopic (exact) mass is 341 g/mol. The van der Waals surface area contributed by atoms with Gasteiger partial charge in [0.05, 0.1) is 12.4 Å². The van der Waals surface area contributed by atoms with Crippen LogP contribution < -0.4 is 4.72 Å². The number of carboxylic acid groups (broad SMARTS) is 1. The zero-order chi connectivity index (χ0) is 16.7. The van der Waals surface area contributed by atoms with E-state index in [9.17, 15) is 13.2 Å². The Labute approximate surface area is 136 Å². The van der Waals surface area contributed by atoms with E-state index in [0.29, 0.717) is 19.6 Å². The van der Waals surface area contributed by atoms with Crippen molar-refractivity contribution in [2.24, 2.45) is 5.92 Å². The minimum atomic E-state index is -3.46. The van der Waals surface area contributed by atoms with Gasteiger partial charge < -0.3 is 9.84 Å². The molecule has 2 atom stereocenters. The van der Waals surface area contributed by atoms with Crippen LogP contribution in [-0.4, -0.2) is 44.5 Å². The summed E-state index contributed by atoms with van der Waals surface area (Å²) in [4.78, 5) is 10.8. The average Bonchev–Trinajstić information content (AvgIpc) is 2.97. The SMILES string of the molecule is O=C(O)CCC(Cc1ccccc1)NS(=O)(=O)CC1CCOC1. The second-order valence-electron chi connectivity index (χ2n) is 5.95. The summed E-state index contributed by atoms with van der Waals surface area (Å²) < 4.78 is 32.5. The maximum Gasteiger partial charge on any atom is 0.303 e. The number of ether oxygens (including phenoxy) is 1. The third kappa shape index (κ3) is 6.68. The van der Waals surface area contributed by atoms with Crippen molar-refractivity contribution in [1.29, 1.82) is 0 Å². The lowest BCUT2D eigenvalue weighted by Gasteiger charge is -2.19. The summed E-state index contributed by atoms with van der Waals surface area (Å²) in [6, 6.07) is 9.06. The lowest BCUT2D eigenvalue weighted by Crippen LogP contribution is -2.39. The van der Waals surface area contributed by atoms with Crippen molar-refractivity contribution in [3.05, 3.63) is 35.9 Å². The first-order valence-electron chi connectivity index (χ1n) is 7.78. The molecule has 1 heterocycles. The van der Waals surface area contributed by atoms with Gasteiger partial charge in [-0.15, -0.1) is 0 Å². The van der Waals surface area contributed by atoms with E-state index < -0.39 is 22.0 Å². The van der Waals surface area contributed by atoms with Crippen molar-refractivity contribution in [3.8, 4) is 0 Å². The number of hydrogen-bond donors (Lipinski definition) is 2. The highest BCUT2D eigenvalue weighted by molar-refractivity contribution is 7.89. The number of aliphatic carboxylic acids is 1. The van der Waals surface area contributed by atoms with E-state index in [0.717, 1.165) is 12.0 Å². The number of benzene rings is 1. The molecule has 0 amide bonds. The maximum absolute atomic E-state index is 12.3. The van der Waals surface area contributed by atoms with Crippen LogP contribution in [0.2, 0.25) is 0 Å². The number of nitrogens with one attached hydrogen (secondary N) is 1. The molecule has 128 valence electrons. The Morgan fingerprint density at radius 1 is 1.35 bits per heavy atom. The van der Waals surface area contributed by atoms with Gasteiger partial charge in [0.25, 0.3) is 0 Å². The van der Waals surface area contributed by atoms with Gasteiger partial charge in [-0.25, -0.2) is 13.1 Å². The summed E-state index contributed by atoms with van der Waals surface area (Å²) in [5, 5.41) is 8.86. The Morgan fingerprint density at radius 2 is 2.09 bits per heavy atom. The lowest BCUT2D eigenvalue weighted by molar-refractivity contribution is -0.137. The Balaban J connectivity index is 1.98. The van der Waals surface area contributed by atoms with Gasteiger partial charge >= 0.3 is 5.97 Å². The number of rotatable bonds is 9. The van der Waals surface area contributed by atoms with Crippen molar-refractivity contribution >= 4 is 16.0 Å². The molecule has 1 aliphatic rings. The van der Waals surface area contributed by atoms with Gasteiger partial charge in [0.15, 0.2) is 0 Å². The van der Waals surface area contributed by atoms with Gasteiger partial charge in [0.1, 0.15) is 0 Å². The first-order valence-corrected chi connectivity index (χ1v) is 9.43. The van der Waals surface area contributed by atoms with E-state index in [2.05, 4.69) is 4.72 Å². The standard InChI is InChI=1S/C16H23NO5S/c18-16(19)7-6-15(10-13-4-2-1-3-5-13)17-23(20,21)12-14-8-9-22-11-14/h1-5,14-15,17H,6-12H2,(H,18,19). The molecule has 1 saturated heterocycles. The minimum absolute atomic E-state index is 0.0179. The molecule has 0 aliphatic carbocycles. The van der Waals surface area contributed by atoms with Gasteiger partial charge in [-0.1, -0.05) is 30.3 Å². The second-order valence-corrected chi connectivity index (χ2v) is 7.75. The summed E-state index contributed by atoms with van der Waals surface area (Å²) in [5.41, 5.74) is 0.981. The molecular weight excluding hydrogens is 318 g/mol. The fourth-order valence-electron chi connectivity index (χ4n) is 2.73. The quantitative estimate of drug-likeness (QED) is 0.708. The topological polar surface area (TPSA) is 92.7 Å². The highest BCUT2D eigenvalue weighted by Crippen LogP contribution is 2.16. The molecular formula is C16H23NO5S. The van der Waals surface area contributed by atoms with E-state index in [4.69, 9.17) is 9.84 Å². The van der Waals surface area contributed by atoms with Crippen molar-refractivity contribution in [1.82, 2.24) is 4.72 Å². The van der Waals surface area contributed by atoms with E-state index in [1.165, 1.54) is 0 Å². The van der Waals surface area contributed by atoms with Crippen LogP contribution in [0.25, 0.3) is 0 Å². The average molecular weight is 341 g/mol. The predicted molar refractivity (Wildman–Crippen MR) is 86.7 cm³/mol. The summed E-state index contributed by atoms with van der Waals surface area (Å²) in [5.74, 6) is -0.874. The molecule has 7 heteroatoms. The molecule has 1 fully saturated rings. The molecule has 0 bridgehead atoms. The number of sulfonamides is 1. The van der Waals surface area contributed by atoms with Crippen LogP contribution in [0.4, 0.5) is 0 Å². The van der Waals surface area contributed by atoms with Gasteiger partial charge in [-0.05, 0) is 30.7 Å². The van der Waals surface area contributed by atoms with Crippen LogP contribution >= 0.6 is 0 Å². The Hall–Kier alpha value is -1.44. The van der Waals surface area contributed by atoms with Gasteiger partial charge in [0, 0.05) is 19.1 Å². The van der Waals surface area contributed by atoms with Crippen LogP contribution in [0.15, 0.2) is 30.3 Å². The first kappa shape index (κ1) is 17.9. The minimum Gasteiger partial charge on any atom is -0.481 e. The molecule has 0 spiro atoms. The number of carbonyl (C=O) groups is 1.